The summed E-state index contributed by atoms with van der Waals surface area (Å²) in [5.41, 5.74) is -1.46. The van der Waals surface area contributed by atoms with Crippen LogP contribution in [0.2, 0.25) is 0 Å². The number of hydrogen-bond donors (Lipinski definition) is 1. The van der Waals surface area contributed by atoms with Gasteiger partial charge >= 0.3 is 18.2 Å². The smallest absolute Gasteiger partial charge is 0.419 e. The molecule has 0 radical (unpaired) electrons. The molecule has 27 heavy (non-hydrogen) atoms. The molecule has 4 nitrogen and oxygen atoms in total. The molecule has 0 heterocycles. The van der Waals surface area contributed by atoms with Crippen molar-refractivity contribution in [1.29, 1.82) is 0 Å². The van der Waals surface area contributed by atoms with Crippen LogP contribution in [0.3, 0.4) is 0 Å². The zero-order chi connectivity index (χ0) is 21.1. The number of Topliss-reactive ketones (excluding diaryl/α,β-unsaturated/α-hetero) is 1. The normalized spacial score (nSPS) is 13.6. The summed E-state index contributed by atoms with van der Waals surface area (Å²) in [5, 5.41) is 9.59. The number of rotatable bonds is 9. The van der Waals surface area contributed by atoms with E-state index in [1.165, 1.54) is 38.1 Å². The Morgan fingerprint density at radius 3 is 1.93 bits per heavy atom. The van der Waals surface area contributed by atoms with Crippen LogP contribution < -0.4 is 4.74 Å². The number of alkyl halides is 7. The third-order valence-electron chi connectivity index (χ3n) is 3.16. The SMILES string of the molecule is CC(C)(O)C(=O)c1ccc(OCCOC(F)(F)C(F)(F)CC(F)(F)F)cc1. The first kappa shape index (κ1) is 23.2. The van der Waals surface area contributed by atoms with Gasteiger partial charge in [0, 0.05) is 5.56 Å². The van der Waals surface area contributed by atoms with Crippen molar-refractivity contribution in [3.63, 3.8) is 0 Å². The van der Waals surface area contributed by atoms with E-state index in [0.717, 1.165) is 0 Å². The Kier molecular flexibility index (Phi) is 6.87. The van der Waals surface area contributed by atoms with Gasteiger partial charge in [-0.3, -0.25) is 4.79 Å². The Labute approximate surface area is 149 Å². The predicted octanol–water partition coefficient (Wildman–Crippen LogP) is 4.22. The Morgan fingerprint density at radius 1 is 0.963 bits per heavy atom. The maximum absolute atomic E-state index is 13.1. The molecule has 1 rings (SSSR count). The molecule has 0 saturated carbocycles. The van der Waals surface area contributed by atoms with Crippen molar-refractivity contribution < 1.29 is 50.1 Å². The minimum Gasteiger partial charge on any atom is -0.491 e. The van der Waals surface area contributed by atoms with Crippen LogP contribution in [0.5, 0.6) is 5.75 Å². The summed E-state index contributed by atoms with van der Waals surface area (Å²) in [6.07, 6.45) is -13.8. The highest BCUT2D eigenvalue weighted by atomic mass is 19.4. The first-order chi connectivity index (χ1) is 12.1. The van der Waals surface area contributed by atoms with E-state index in [4.69, 9.17) is 4.74 Å². The van der Waals surface area contributed by atoms with Gasteiger partial charge in [-0.25, -0.2) is 0 Å². The summed E-state index contributed by atoms with van der Waals surface area (Å²) in [7, 11) is 0. The van der Waals surface area contributed by atoms with Crippen LogP contribution >= 0.6 is 0 Å². The molecule has 0 spiro atoms. The lowest BCUT2D eigenvalue weighted by molar-refractivity contribution is -0.366. The van der Waals surface area contributed by atoms with Crippen LogP contribution in [0.15, 0.2) is 24.3 Å². The third-order valence-corrected chi connectivity index (χ3v) is 3.16. The molecule has 0 aliphatic heterocycles. The standard InChI is InChI=1S/C16H17F7O4/c1-13(2,25)12(24)10-3-5-11(6-4-10)26-7-8-27-16(22,23)14(17,18)9-15(19,20)21/h3-6,25H,7-9H2,1-2H3. The number of carbonyl (C=O) groups is 1. The number of hydrogen-bond acceptors (Lipinski definition) is 4. The van der Waals surface area contributed by atoms with E-state index < -0.39 is 49.2 Å². The summed E-state index contributed by atoms with van der Waals surface area (Å²) in [6, 6.07) is 5.08. The highest BCUT2D eigenvalue weighted by Gasteiger charge is 2.62. The summed E-state index contributed by atoms with van der Waals surface area (Å²) in [6.45, 7) is 0.804. The molecule has 0 amide bonds. The monoisotopic (exact) mass is 406 g/mol. The van der Waals surface area contributed by atoms with Gasteiger partial charge < -0.3 is 14.6 Å². The minimum atomic E-state index is -5.49. The predicted molar refractivity (Wildman–Crippen MR) is 79.1 cm³/mol. The van der Waals surface area contributed by atoms with E-state index in [1.807, 2.05) is 0 Å². The van der Waals surface area contributed by atoms with Gasteiger partial charge in [-0.05, 0) is 38.1 Å². The lowest BCUT2D eigenvalue weighted by Crippen LogP contribution is -2.46. The summed E-state index contributed by atoms with van der Waals surface area (Å²) >= 11 is 0. The molecular formula is C16H17F7O4. The molecule has 154 valence electrons. The lowest BCUT2D eigenvalue weighted by atomic mass is 9.97. The topological polar surface area (TPSA) is 55.8 Å². The maximum Gasteiger partial charge on any atom is 0.419 e. The Balaban J connectivity index is 2.55. The lowest BCUT2D eigenvalue weighted by Gasteiger charge is -2.26. The van der Waals surface area contributed by atoms with Crippen LogP contribution in [0, 0.1) is 0 Å². The highest BCUT2D eigenvalue weighted by molar-refractivity contribution is 6.01. The van der Waals surface area contributed by atoms with Crippen molar-refractivity contribution in [2.45, 2.75) is 44.1 Å². The first-order valence-corrected chi connectivity index (χ1v) is 7.51. The molecule has 0 unspecified atom stereocenters. The summed E-state index contributed by atoms with van der Waals surface area (Å²) in [4.78, 5) is 11.8. The van der Waals surface area contributed by atoms with Crippen LogP contribution in [0.4, 0.5) is 30.7 Å². The average Bonchev–Trinajstić information content (AvgIpc) is 2.48. The van der Waals surface area contributed by atoms with Gasteiger partial charge in [0.1, 0.15) is 24.4 Å². The van der Waals surface area contributed by atoms with Gasteiger partial charge in [-0.15, -0.1) is 0 Å². The molecule has 0 aliphatic carbocycles. The largest absolute Gasteiger partial charge is 0.491 e. The molecule has 0 atom stereocenters. The maximum atomic E-state index is 13.1. The molecule has 0 aromatic heterocycles. The van der Waals surface area contributed by atoms with Gasteiger partial charge in [-0.2, -0.15) is 30.7 Å². The number of aliphatic hydroxyl groups is 1. The zero-order valence-corrected chi connectivity index (χ0v) is 14.2. The molecule has 1 N–H and O–H groups in total. The number of halogens is 7. The van der Waals surface area contributed by atoms with Gasteiger partial charge in [0.05, 0.1) is 6.61 Å². The Morgan fingerprint density at radius 2 is 1.48 bits per heavy atom. The fourth-order valence-electron chi connectivity index (χ4n) is 1.85. The first-order valence-electron chi connectivity index (χ1n) is 7.51. The number of ether oxygens (including phenoxy) is 2. The second kappa shape index (κ2) is 8.01. The van der Waals surface area contributed by atoms with Gasteiger partial charge in [0.15, 0.2) is 5.78 Å². The zero-order valence-electron chi connectivity index (χ0n) is 14.2. The fourth-order valence-corrected chi connectivity index (χ4v) is 1.85. The van der Waals surface area contributed by atoms with E-state index >= 15 is 0 Å². The third kappa shape index (κ3) is 6.98. The van der Waals surface area contributed by atoms with Crippen LogP contribution in [-0.2, 0) is 4.74 Å². The molecule has 0 aliphatic rings. The molecule has 1 aromatic carbocycles. The van der Waals surface area contributed by atoms with Crippen molar-refractivity contribution in [2.75, 3.05) is 13.2 Å². The van der Waals surface area contributed by atoms with E-state index in [9.17, 15) is 40.6 Å². The highest BCUT2D eigenvalue weighted by Crippen LogP contribution is 2.42. The van der Waals surface area contributed by atoms with E-state index in [0.29, 0.717) is 0 Å². The molecular weight excluding hydrogens is 389 g/mol. The summed E-state index contributed by atoms with van der Waals surface area (Å²) < 4.78 is 96.5. The van der Waals surface area contributed by atoms with Crippen LogP contribution in [0.1, 0.15) is 30.6 Å². The fraction of sp³-hybridized carbons (Fsp3) is 0.562. The average molecular weight is 406 g/mol. The Hall–Kier alpha value is -1.88. The molecule has 11 heteroatoms. The molecule has 0 saturated heterocycles. The second-order valence-electron chi connectivity index (χ2n) is 6.12. The van der Waals surface area contributed by atoms with Gasteiger partial charge in [0.2, 0.25) is 0 Å². The number of ketones is 1. The van der Waals surface area contributed by atoms with E-state index in [2.05, 4.69) is 4.74 Å². The van der Waals surface area contributed by atoms with Crippen molar-refractivity contribution in [2.24, 2.45) is 0 Å². The minimum absolute atomic E-state index is 0.0660. The summed E-state index contributed by atoms with van der Waals surface area (Å²) in [5.74, 6) is -5.94. The van der Waals surface area contributed by atoms with Crippen LogP contribution in [-0.4, -0.2) is 47.9 Å². The number of benzene rings is 1. The second-order valence-corrected chi connectivity index (χ2v) is 6.12. The van der Waals surface area contributed by atoms with Gasteiger partial charge in [0.25, 0.3) is 0 Å². The molecule has 0 fully saturated rings. The molecule has 0 bridgehead atoms. The van der Waals surface area contributed by atoms with Crippen molar-refractivity contribution in [1.82, 2.24) is 0 Å². The quantitative estimate of drug-likeness (QED) is 0.379. The van der Waals surface area contributed by atoms with Crippen molar-refractivity contribution >= 4 is 5.78 Å². The Bertz CT molecular complexity index is 634. The van der Waals surface area contributed by atoms with E-state index in [1.54, 1.807) is 0 Å². The van der Waals surface area contributed by atoms with Crippen LogP contribution in [0.25, 0.3) is 0 Å². The molecule has 1 aromatic rings. The van der Waals surface area contributed by atoms with E-state index in [-0.39, 0.29) is 11.3 Å². The van der Waals surface area contributed by atoms with Crippen molar-refractivity contribution in [3.8, 4) is 5.75 Å². The van der Waals surface area contributed by atoms with Crippen molar-refractivity contribution in [3.05, 3.63) is 29.8 Å². The number of carbonyl (C=O) groups excluding carboxylic acids is 1. The van der Waals surface area contributed by atoms with Gasteiger partial charge in [-0.1, -0.05) is 0 Å².